The summed E-state index contributed by atoms with van der Waals surface area (Å²) in [5, 5.41) is 3.27. The van der Waals surface area contributed by atoms with Crippen LogP contribution in [0, 0.1) is 11.6 Å². The number of hydrogen-bond acceptors (Lipinski definition) is 2. The highest BCUT2D eigenvalue weighted by Gasteiger charge is 2.20. The van der Waals surface area contributed by atoms with Crippen molar-refractivity contribution in [1.29, 1.82) is 0 Å². The average Bonchev–Trinajstić information content (AvgIpc) is 2.22. The van der Waals surface area contributed by atoms with E-state index in [1.165, 1.54) is 6.07 Å². The number of halogens is 2. The monoisotopic (exact) mass is 213 g/mol. The van der Waals surface area contributed by atoms with E-state index in [1.807, 2.05) is 6.92 Å². The molecule has 1 saturated heterocycles. The van der Waals surface area contributed by atoms with Gasteiger partial charge in [0.15, 0.2) is 11.6 Å². The minimum absolute atomic E-state index is 0.0520. The second kappa shape index (κ2) is 4.24. The molecule has 1 fully saturated rings. The van der Waals surface area contributed by atoms with Crippen LogP contribution in [0.4, 0.5) is 8.78 Å². The van der Waals surface area contributed by atoms with Gasteiger partial charge in [0.25, 0.3) is 0 Å². The highest BCUT2D eigenvalue weighted by molar-refractivity contribution is 5.21. The fourth-order valence-electron chi connectivity index (χ4n) is 1.72. The maximum absolute atomic E-state index is 13.0. The Morgan fingerprint density at radius 1 is 1.27 bits per heavy atom. The minimum atomic E-state index is -0.816. The molecule has 0 spiro atoms. The molecule has 0 aliphatic carbocycles. The first-order chi connectivity index (χ1) is 7.16. The van der Waals surface area contributed by atoms with Crippen LogP contribution in [0.15, 0.2) is 18.2 Å². The fraction of sp³-hybridized carbons (Fsp3) is 0.455. The summed E-state index contributed by atoms with van der Waals surface area (Å²) in [6.07, 6.45) is 0. The Labute approximate surface area is 87.2 Å². The van der Waals surface area contributed by atoms with E-state index in [-0.39, 0.29) is 12.1 Å². The SMILES string of the molecule is CC1COCC(c2ccc(F)c(F)c2)N1. The van der Waals surface area contributed by atoms with Gasteiger partial charge in [0.1, 0.15) is 0 Å². The predicted molar refractivity (Wildman–Crippen MR) is 52.5 cm³/mol. The number of nitrogens with one attached hydrogen (secondary N) is 1. The molecule has 1 aromatic rings. The zero-order valence-electron chi connectivity index (χ0n) is 8.47. The molecule has 1 aliphatic rings. The number of ether oxygens (including phenoxy) is 1. The average molecular weight is 213 g/mol. The molecule has 4 heteroatoms. The smallest absolute Gasteiger partial charge is 0.159 e. The summed E-state index contributed by atoms with van der Waals surface area (Å²) in [4.78, 5) is 0. The standard InChI is InChI=1S/C11H13F2NO/c1-7-5-15-6-11(14-7)8-2-3-9(12)10(13)4-8/h2-4,7,11,14H,5-6H2,1H3. The van der Waals surface area contributed by atoms with Crippen molar-refractivity contribution in [2.45, 2.75) is 19.0 Å². The summed E-state index contributed by atoms with van der Waals surface area (Å²) in [6.45, 7) is 3.14. The molecule has 0 amide bonds. The maximum Gasteiger partial charge on any atom is 0.159 e. The fourth-order valence-corrected chi connectivity index (χ4v) is 1.72. The molecule has 2 unspecified atom stereocenters. The van der Waals surface area contributed by atoms with E-state index in [9.17, 15) is 8.78 Å². The van der Waals surface area contributed by atoms with Crippen molar-refractivity contribution in [1.82, 2.24) is 5.32 Å². The van der Waals surface area contributed by atoms with E-state index >= 15 is 0 Å². The zero-order valence-corrected chi connectivity index (χ0v) is 8.47. The summed E-state index contributed by atoms with van der Waals surface area (Å²) < 4.78 is 31.0. The van der Waals surface area contributed by atoms with Gasteiger partial charge in [-0.3, -0.25) is 0 Å². The molecule has 0 aromatic heterocycles. The lowest BCUT2D eigenvalue weighted by atomic mass is 10.1. The van der Waals surface area contributed by atoms with Gasteiger partial charge in [0.05, 0.1) is 19.3 Å². The lowest BCUT2D eigenvalue weighted by molar-refractivity contribution is 0.0503. The summed E-state index contributed by atoms with van der Waals surface area (Å²) >= 11 is 0. The molecule has 0 bridgehead atoms. The van der Waals surface area contributed by atoms with Crippen LogP contribution in [-0.2, 0) is 4.74 Å². The zero-order chi connectivity index (χ0) is 10.8. The van der Waals surface area contributed by atoms with E-state index in [4.69, 9.17) is 4.74 Å². The van der Waals surface area contributed by atoms with Gasteiger partial charge in [-0.2, -0.15) is 0 Å². The summed E-state index contributed by atoms with van der Waals surface area (Å²) in [7, 11) is 0. The molecule has 1 heterocycles. The second-order valence-electron chi connectivity index (χ2n) is 3.83. The van der Waals surface area contributed by atoms with Crippen molar-refractivity contribution < 1.29 is 13.5 Å². The summed E-state index contributed by atoms with van der Waals surface area (Å²) in [5.41, 5.74) is 0.723. The van der Waals surface area contributed by atoms with Gasteiger partial charge in [0.2, 0.25) is 0 Å². The van der Waals surface area contributed by atoms with Gasteiger partial charge in [0, 0.05) is 6.04 Å². The van der Waals surface area contributed by atoms with Crippen LogP contribution in [0.3, 0.4) is 0 Å². The Balaban J connectivity index is 2.18. The van der Waals surface area contributed by atoms with Gasteiger partial charge in [-0.1, -0.05) is 6.07 Å². The quantitative estimate of drug-likeness (QED) is 0.770. The normalized spacial score (nSPS) is 26.6. The van der Waals surface area contributed by atoms with E-state index in [1.54, 1.807) is 6.07 Å². The minimum Gasteiger partial charge on any atom is -0.378 e. The van der Waals surface area contributed by atoms with Gasteiger partial charge < -0.3 is 10.1 Å². The number of benzene rings is 1. The molecule has 82 valence electrons. The predicted octanol–water partition coefficient (Wildman–Crippen LogP) is 2.01. The van der Waals surface area contributed by atoms with Crippen molar-refractivity contribution in [3.63, 3.8) is 0 Å². The Morgan fingerprint density at radius 3 is 2.73 bits per heavy atom. The van der Waals surface area contributed by atoms with Crippen LogP contribution in [-0.4, -0.2) is 19.3 Å². The first kappa shape index (κ1) is 10.5. The largest absolute Gasteiger partial charge is 0.378 e. The Kier molecular flexibility index (Phi) is 2.98. The third kappa shape index (κ3) is 2.33. The molecule has 2 atom stereocenters. The van der Waals surface area contributed by atoms with Gasteiger partial charge in [-0.15, -0.1) is 0 Å². The van der Waals surface area contributed by atoms with Crippen LogP contribution in [0.2, 0.25) is 0 Å². The second-order valence-corrected chi connectivity index (χ2v) is 3.83. The van der Waals surface area contributed by atoms with Crippen LogP contribution < -0.4 is 5.32 Å². The van der Waals surface area contributed by atoms with E-state index in [0.29, 0.717) is 13.2 Å². The molecule has 0 radical (unpaired) electrons. The molecule has 1 aromatic carbocycles. The third-order valence-electron chi connectivity index (χ3n) is 2.48. The van der Waals surface area contributed by atoms with E-state index in [2.05, 4.69) is 5.32 Å². The Hall–Kier alpha value is -1.00. The Morgan fingerprint density at radius 2 is 2.07 bits per heavy atom. The summed E-state index contributed by atoms with van der Waals surface area (Å²) in [5.74, 6) is -1.63. The van der Waals surface area contributed by atoms with Crippen LogP contribution in [0.5, 0.6) is 0 Å². The highest BCUT2D eigenvalue weighted by Crippen LogP contribution is 2.19. The van der Waals surface area contributed by atoms with Crippen molar-refractivity contribution in [3.8, 4) is 0 Å². The van der Waals surface area contributed by atoms with Crippen molar-refractivity contribution in [2.24, 2.45) is 0 Å². The molecule has 2 rings (SSSR count). The molecular weight excluding hydrogens is 200 g/mol. The van der Waals surface area contributed by atoms with Crippen molar-refractivity contribution >= 4 is 0 Å². The Bertz CT molecular complexity index is 356. The van der Waals surface area contributed by atoms with Crippen LogP contribution in [0.25, 0.3) is 0 Å². The van der Waals surface area contributed by atoms with Crippen LogP contribution in [0.1, 0.15) is 18.5 Å². The molecule has 0 saturated carbocycles. The van der Waals surface area contributed by atoms with E-state index in [0.717, 1.165) is 11.6 Å². The lowest BCUT2D eigenvalue weighted by Gasteiger charge is -2.29. The lowest BCUT2D eigenvalue weighted by Crippen LogP contribution is -2.41. The van der Waals surface area contributed by atoms with Gasteiger partial charge >= 0.3 is 0 Å². The first-order valence-corrected chi connectivity index (χ1v) is 4.95. The van der Waals surface area contributed by atoms with Crippen molar-refractivity contribution in [2.75, 3.05) is 13.2 Å². The van der Waals surface area contributed by atoms with Gasteiger partial charge in [-0.05, 0) is 24.6 Å². The molecule has 15 heavy (non-hydrogen) atoms. The van der Waals surface area contributed by atoms with Crippen LogP contribution >= 0.6 is 0 Å². The van der Waals surface area contributed by atoms with Crippen molar-refractivity contribution in [3.05, 3.63) is 35.4 Å². The first-order valence-electron chi connectivity index (χ1n) is 4.95. The molecular formula is C11H13F2NO. The number of hydrogen-bond donors (Lipinski definition) is 1. The van der Waals surface area contributed by atoms with E-state index < -0.39 is 11.6 Å². The molecule has 2 nitrogen and oxygen atoms in total. The maximum atomic E-state index is 13.0. The molecule has 1 aliphatic heterocycles. The third-order valence-corrected chi connectivity index (χ3v) is 2.48. The highest BCUT2D eigenvalue weighted by atomic mass is 19.2. The number of rotatable bonds is 1. The topological polar surface area (TPSA) is 21.3 Å². The van der Waals surface area contributed by atoms with Gasteiger partial charge in [-0.25, -0.2) is 8.78 Å². The summed E-state index contributed by atoms with van der Waals surface area (Å²) in [6, 6.07) is 4.12. The number of morpholine rings is 1. The molecule has 1 N–H and O–H groups in total.